The summed E-state index contributed by atoms with van der Waals surface area (Å²) < 4.78 is 13.0. The van der Waals surface area contributed by atoms with Crippen LogP contribution in [-0.4, -0.2) is 6.17 Å². The van der Waals surface area contributed by atoms with E-state index in [0.717, 1.165) is 32.1 Å². The fourth-order valence-electron chi connectivity index (χ4n) is 1.36. The average Bonchev–Trinajstić information content (AvgIpc) is 2.09. The molecule has 0 rings (SSSR count). The standard InChI is InChI=1S/C11H23F/c1-3-5-7-8-10-11(12)9-6-4-2/h11H,3-10H2,1-2H3. The summed E-state index contributed by atoms with van der Waals surface area (Å²) in [6.07, 6.45) is 8.02. The summed E-state index contributed by atoms with van der Waals surface area (Å²) in [5.74, 6) is 0. The molecule has 0 aliphatic rings. The van der Waals surface area contributed by atoms with Crippen molar-refractivity contribution in [3.05, 3.63) is 0 Å². The fourth-order valence-corrected chi connectivity index (χ4v) is 1.36. The molecular formula is C11H23F. The molecule has 0 N–H and O–H groups in total. The maximum atomic E-state index is 13.0. The Balaban J connectivity index is 3.02. The topological polar surface area (TPSA) is 0 Å². The van der Waals surface area contributed by atoms with Crippen LogP contribution in [0.2, 0.25) is 0 Å². The van der Waals surface area contributed by atoms with E-state index in [1.54, 1.807) is 0 Å². The zero-order chi connectivity index (χ0) is 9.23. The van der Waals surface area contributed by atoms with E-state index < -0.39 is 6.17 Å². The van der Waals surface area contributed by atoms with Gasteiger partial charge in [0.25, 0.3) is 0 Å². The first-order valence-corrected chi connectivity index (χ1v) is 5.45. The lowest BCUT2D eigenvalue weighted by molar-refractivity contribution is 0.281. The van der Waals surface area contributed by atoms with E-state index >= 15 is 0 Å². The normalized spacial score (nSPS) is 13.2. The van der Waals surface area contributed by atoms with Crippen molar-refractivity contribution in [1.82, 2.24) is 0 Å². The third kappa shape index (κ3) is 8.03. The van der Waals surface area contributed by atoms with Gasteiger partial charge in [0.2, 0.25) is 0 Å². The van der Waals surface area contributed by atoms with Crippen molar-refractivity contribution >= 4 is 0 Å². The van der Waals surface area contributed by atoms with Crippen molar-refractivity contribution in [2.45, 2.75) is 71.4 Å². The van der Waals surface area contributed by atoms with Gasteiger partial charge < -0.3 is 0 Å². The largest absolute Gasteiger partial charge is 0.247 e. The molecule has 0 spiro atoms. The number of halogens is 1. The molecule has 0 aliphatic carbocycles. The van der Waals surface area contributed by atoms with E-state index in [2.05, 4.69) is 13.8 Å². The molecule has 0 aromatic heterocycles. The summed E-state index contributed by atoms with van der Waals surface area (Å²) in [4.78, 5) is 0. The zero-order valence-corrected chi connectivity index (χ0v) is 8.61. The van der Waals surface area contributed by atoms with Crippen LogP contribution in [0.3, 0.4) is 0 Å². The van der Waals surface area contributed by atoms with E-state index in [4.69, 9.17) is 0 Å². The van der Waals surface area contributed by atoms with Crippen LogP contribution in [0, 0.1) is 0 Å². The second kappa shape index (κ2) is 9.02. The third-order valence-electron chi connectivity index (χ3n) is 2.24. The predicted octanol–water partition coefficient (Wildman–Crippen LogP) is 4.49. The maximum Gasteiger partial charge on any atom is 0.100 e. The summed E-state index contributed by atoms with van der Waals surface area (Å²) in [5.41, 5.74) is 0. The Hall–Kier alpha value is -0.0700. The second-order valence-corrected chi connectivity index (χ2v) is 3.59. The van der Waals surface area contributed by atoms with E-state index in [1.165, 1.54) is 19.3 Å². The first-order valence-electron chi connectivity index (χ1n) is 5.45. The van der Waals surface area contributed by atoms with Gasteiger partial charge in [-0.25, -0.2) is 4.39 Å². The molecular weight excluding hydrogens is 151 g/mol. The number of hydrogen-bond donors (Lipinski definition) is 0. The van der Waals surface area contributed by atoms with Crippen LogP contribution in [0.25, 0.3) is 0 Å². The van der Waals surface area contributed by atoms with E-state index in [9.17, 15) is 4.39 Å². The molecule has 1 unspecified atom stereocenters. The maximum absolute atomic E-state index is 13.0. The van der Waals surface area contributed by atoms with Crippen LogP contribution >= 0.6 is 0 Å². The molecule has 0 aromatic carbocycles. The van der Waals surface area contributed by atoms with Crippen molar-refractivity contribution < 1.29 is 4.39 Å². The number of rotatable bonds is 8. The first-order chi connectivity index (χ1) is 5.81. The van der Waals surface area contributed by atoms with Gasteiger partial charge in [0.1, 0.15) is 6.17 Å². The van der Waals surface area contributed by atoms with Gasteiger partial charge in [-0.3, -0.25) is 0 Å². The minimum Gasteiger partial charge on any atom is -0.247 e. The molecule has 0 bridgehead atoms. The highest BCUT2D eigenvalue weighted by molar-refractivity contribution is 4.56. The molecule has 0 nitrogen and oxygen atoms in total. The van der Waals surface area contributed by atoms with E-state index in [-0.39, 0.29) is 0 Å². The van der Waals surface area contributed by atoms with Crippen molar-refractivity contribution in [3.63, 3.8) is 0 Å². The Morgan fingerprint density at radius 2 is 1.42 bits per heavy atom. The van der Waals surface area contributed by atoms with Crippen molar-refractivity contribution in [1.29, 1.82) is 0 Å². The fraction of sp³-hybridized carbons (Fsp3) is 1.00. The SMILES string of the molecule is CCCCCCC(F)CCCC. The molecule has 0 radical (unpaired) electrons. The monoisotopic (exact) mass is 174 g/mol. The van der Waals surface area contributed by atoms with Crippen LogP contribution in [0.15, 0.2) is 0 Å². The molecule has 1 atom stereocenters. The molecule has 1 heteroatoms. The number of unbranched alkanes of at least 4 members (excludes halogenated alkanes) is 4. The Morgan fingerprint density at radius 3 is 2.00 bits per heavy atom. The highest BCUT2D eigenvalue weighted by Crippen LogP contribution is 2.13. The summed E-state index contributed by atoms with van der Waals surface area (Å²) in [6.45, 7) is 4.30. The molecule has 0 amide bonds. The summed E-state index contributed by atoms with van der Waals surface area (Å²) in [6, 6.07) is 0. The highest BCUT2D eigenvalue weighted by Gasteiger charge is 2.04. The quantitative estimate of drug-likeness (QED) is 0.476. The van der Waals surface area contributed by atoms with Gasteiger partial charge in [-0.15, -0.1) is 0 Å². The molecule has 0 fully saturated rings. The van der Waals surface area contributed by atoms with Gasteiger partial charge in [0.05, 0.1) is 0 Å². The summed E-state index contributed by atoms with van der Waals surface area (Å²) in [7, 11) is 0. The van der Waals surface area contributed by atoms with Crippen LogP contribution in [0.4, 0.5) is 4.39 Å². The van der Waals surface area contributed by atoms with Gasteiger partial charge in [-0.2, -0.15) is 0 Å². The van der Waals surface area contributed by atoms with Crippen molar-refractivity contribution in [3.8, 4) is 0 Å². The molecule has 0 saturated heterocycles. The average molecular weight is 174 g/mol. The van der Waals surface area contributed by atoms with Crippen LogP contribution in [-0.2, 0) is 0 Å². The minimum absolute atomic E-state index is 0.526. The summed E-state index contributed by atoms with van der Waals surface area (Å²) in [5, 5.41) is 0. The van der Waals surface area contributed by atoms with Gasteiger partial charge in [0, 0.05) is 0 Å². The van der Waals surface area contributed by atoms with Gasteiger partial charge >= 0.3 is 0 Å². The molecule has 0 heterocycles. The highest BCUT2D eigenvalue weighted by atomic mass is 19.1. The zero-order valence-electron chi connectivity index (χ0n) is 8.61. The Bertz CT molecular complexity index is 81.1. The van der Waals surface area contributed by atoms with Crippen LogP contribution < -0.4 is 0 Å². The lowest BCUT2D eigenvalue weighted by Crippen LogP contribution is -1.99. The van der Waals surface area contributed by atoms with Gasteiger partial charge in [-0.1, -0.05) is 52.4 Å². The third-order valence-corrected chi connectivity index (χ3v) is 2.24. The molecule has 0 saturated carbocycles. The smallest absolute Gasteiger partial charge is 0.100 e. The summed E-state index contributed by atoms with van der Waals surface area (Å²) >= 11 is 0. The Morgan fingerprint density at radius 1 is 0.833 bits per heavy atom. The second-order valence-electron chi connectivity index (χ2n) is 3.59. The number of hydrogen-bond acceptors (Lipinski definition) is 0. The predicted molar refractivity (Wildman–Crippen MR) is 53.2 cm³/mol. The molecule has 0 aliphatic heterocycles. The van der Waals surface area contributed by atoms with Crippen LogP contribution in [0.5, 0.6) is 0 Å². The Kier molecular flexibility index (Phi) is 8.97. The van der Waals surface area contributed by atoms with Gasteiger partial charge in [-0.05, 0) is 12.8 Å². The molecule has 0 aromatic rings. The van der Waals surface area contributed by atoms with Crippen molar-refractivity contribution in [2.24, 2.45) is 0 Å². The Labute approximate surface area is 76.6 Å². The lowest BCUT2D eigenvalue weighted by Gasteiger charge is -2.06. The van der Waals surface area contributed by atoms with Gasteiger partial charge in [0.15, 0.2) is 0 Å². The molecule has 12 heavy (non-hydrogen) atoms. The first kappa shape index (κ1) is 11.9. The van der Waals surface area contributed by atoms with E-state index in [0.29, 0.717) is 0 Å². The van der Waals surface area contributed by atoms with Crippen molar-refractivity contribution in [2.75, 3.05) is 0 Å². The van der Waals surface area contributed by atoms with Crippen LogP contribution in [0.1, 0.15) is 65.2 Å². The lowest BCUT2D eigenvalue weighted by atomic mass is 10.1. The van der Waals surface area contributed by atoms with E-state index in [1.807, 2.05) is 0 Å². The molecule has 74 valence electrons. The number of alkyl halides is 1. The minimum atomic E-state index is -0.526.